The third-order valence-corrected chi connectivity index (χ3v) is 4.33. The van der Waals surface area contributed by atoms with Crippen LogP contribution < -0.4 is 15.7 Å². The number of esters is 1. The summed E-state index contributed by atoms with van der Waals surface area (Å²) in [5, 5.41) is 13.5. The van der Waals surface area contributed by atoms with Gasteiger partial charge in [0.1, 0.15) is 11.4 Å². The van der Waals surface area contributed by atoms with Gasteiger partial charge in [0.05, 0.1) is 29.4 Å². The highest BCUT2D eigenvalue weighted by Gasteiger charge is 2.18. The lowest BCUT2D eigenvalue weighted by Gasteiger charge is -2.09. The van der Waals surface area contributed by atoms with Gasteiger partial charge in [0.15, 0.2) is 6.61 Å². The quantitative estimate of drug-likeness (QED) is 0.334. The summed E-state index contributed by atoms with van der Waals surface area (Å²) >= 11 is 0. The second-order valence-electron chi connectivity index (χ2n) is 6.38. The number of rotatable bonds is 7. The second kappa shape index (κ2) is 8.95. The Bertz CT molecular complexity index is 1190. The van der Waals surface area contributed by atoms with Gasteiger partial charge < -0.3 is 19.8 Å². The number of nitro groups is 1. The molecule has 1 amide bonds. The zero-order chi connectivity index (χ0) is 22.5. The van der Waals surface area contributed by atoms with Crippen molar-refractivity contribution in [3.05, 3.63) is 80.5 Å². The molecule has 3 rings (SSSR count). The van der Waals surface area contributed by atoms with E-state index >= 15 is 0 Å². The number of nitrogens with one attached hydrogen (secondary N) is 2. The number of aromatic nitrogens is 2. The Balaban J connectivity index is 1.63. The summed E-state index contributed by atoms with van der Waals surface area (Å²) in [6.45, 7) is 1.12. The first-order chi connectivity index (χ1) is 14.8. The number of methoxy groups -OCH3 is 1. The Labute approximate surface area is 175 Å². The number of amides is 1. The van der Waals surface area contributed by atoms with Crippen LogP contribution in [0, 0.1) is 17.0 Å². The third kappa shape index (κ3) is 4.78. The Morgan fingerprint density at radius 1 is 1.19 bits per heavy atom. The SMILES string of the molecule is COc1ccc(NC(=O)COC(=O)c2ccc(-n3c(C)c[nH]c3=O)cc2)c([N+](=O)[O-])c1. The van der Waals surface area contributed by atoms with E-state index in [0.717, 1.165) is 0 Å². The van der Waals surface area contributed by atoms with Crippen LogP contribution in [0.15, 0.2) is 53.5 Å². The summed E-state index contributed by atoms with van der Waals surface area (Å²) in [4.78, 5) is 49.1. The van der Waals surface area contributed by atoms with Crippen molar-refractivity contribution in [2.24, 2.45) is 0 Å². The Hall–Kier alpha value is -4.41. The number of nitrogens with zero attached hydrogens (tertiary/aromatic N) is 2. The highest BCUT2D eigenvalue weighted by atomic mass is 16.6. The number of aryl methyl sites for hydroxylation is 1. The van der Waals surface area contributed by atoms with E-state index in [2.05, 4.69) is 10.3 Å². The number of anilines is 1. The molecule has 0 spiro atoms. The molecular weight excluding hydrogens is 408 g/mol. The van der Waals surface area contributed by atoms with Gasteiger partial charge >= 0.3 is 11.7 Å². The average Bonchev–Trinajstić information content (AvgIpc) is 3.10. The molecule has 3 aromatic rings. The lowest BCUT2D eigenvalue weighted by Crippen LogP contribution is -2.21. The third-order valence-electron chi connectivity index (χ3n) is 4.33. The molecule has 11 nitrogen and oxygen atoms in total. The van der Waals surface area contributed by atoms with Crippen LogP contribution in [0.2, 0.25) is 0 Å². The molecule has 0 fully saturated rings. The standard InChI is InChI=1S/C20H18N4O7/c1-12-10-21-20(27)23(12)14-5-3-13(4-6-14)19(26)31-11-18(25)22-16-8-7-15(30-2)9-17(16)24(28)29/h3-10H,11H2,1-2H3,(H,21,27)(H,22,25). The summed E-state index contributed by atoms with van der Waals surface area (Å²) in [6, 6.07) is 10.00. The van der Waals surface area contributed by atoms with Crippen molar-refractivity contribution in [2.75, 3.05) is 19.0 Å². The summed E-state index contributed by atoms with van der Waals surface area (Å²) in [7, 11) is 1.36. The number of hydrogen-bond acceptors (Lipinski definition) is 7. The highest BCUT2D eigenvalue weighted by Crippen LogP contribution is 2.28. The lowest BCUT2D eigenvalue weighted by atomic mass is 10.2. The molecule has 2 N–H and O–H groups in total. The number of H-pyrrole nitrogens is 1. The normalized spacial score (nSPS) is 10.4. The molecular formula is C20H18N4O7. The molecule has 0 bridgehead atoms. The Morgan fingerprint density at radius 3 is 2.48 bits per heavy atom. The van der Waals surface area contributed by atoms with Crippen LogP contribution in [0.25, 0.3) is 5.69 Å². The van der Waals surface area contributed by atoms with Gasteiger partial charge in [0.25, 0.3) is 11.6 Å². The largest absolute Gasteiger partial charge is 0.496 e. The van der Waals surface area contributed by atoms with Crippen molar-refractivity contribution < 1.29 is 24.0 Å². The predicted molar refractivity (Wildman–Crippen MR) is 110 cm³/mol. The molecule has 2 aromatic carbocycles. The molecule has 1 heterocycles. The first-order valence-electron chi connectivity index (χ1n) is 8.97. The summed E-state index contributed by atoms with van der Waals surface area (Å²) < 4.78 is 11.3. The molecule has 1 aromatic heterocycles. The molecule has 0 saturated carbocycles. The molecule has 0 radical (unpaired) electrons. The van der Waals surface area contributed by atoms with Gasteiger partial charge in [-0.25, -0.2) is 9.59 Å². The van der Waals surface area contributed by atoms with E-state index in [4.69, 9.17) is 9.47 Å². The van der Waals surface area contributed by atoms with Crippen molar-refractivity contribution in [1.82, 2.24) is 9.55 Å². The van der Waals surface area contributed by atoms with E-state index in [9.17, 15) is 24.5 Å². The number of nitro benzene ring substituents is 1. The van der Waals surface area contributed by atoms with Gasteiger partial charge in [-0.15, -0.1) is 0 Å². The average molecular weight is 426 g/mol. The zero-order valence-corrected chi connectivity index (χ0v) is 16.6. The van der Waals surface area contributed by atoms with Crippen LogP contribution >= 0.6 is 0 Å². The fraction of sp³-hybridized carbons (Fsp3) is 0.150. The van der Waals surface area contributed by atoms with Crippen molar-refractivity contribution in [3.63, 3.8) is 0 Å². The molecule has 0 aliphatic rings. The Morgan fingerprint density at radius 2 is 1.90 bits per heavy atom. The van der Waals surface area contributed by atoms with E-state index in [1.807, 2.05) is 0 Å². The van der Waals surface area contributed by atoms with Gasteiger partial charge in [0.2, 0.25) is 0 Å². The van der Waals surface area contributed by atoms with Gasteiger partial charge in [0, 0.05) is 11.9 Å². The van der Waals surface area contributed by atoms with Crippen LogP contribution in [0.3, 0.4) is 0 Å². The molecule has 0 atom stereocenters. The van der Waals surface area contributed by atoms with E-state index < -0.39 is 23.4 Å². The minimum absolute atomic E-state index is 0.0523. The van der Waals surface area contributed by atoms with Crippen LogP contribution in [0.4, 0.5) is 11.4 Å². The maximum Gasteiger partial charge on any atom is 0.338 e. The van der Waals surface area contributed by atoms with E-state index in [-0.39, 0.29) is 28.4 Å². The molecule has 0 aliphatic heterocycles. The summed E-state index contributed by atoms with van der Waals surface area (Å²) in [5.74, 6) is -1.24. The highest BCUT2D eigenvalue weighted by molar-refractivity contribution is 5.97. The zero-order valence-electron chi connectivity index (χ0n) is 16.6. The van der Waals surface area contributed by atoms with Gasteiger partial charge in [-0.3, -0.25) is 19.5 Å². The van der Waals surface area contributed by atoms with Gasteiger partial charge in [-0.05, 0) is 43.3 Å². The molecule has 0 aliphatic carbocycles. The summed E-state index contributed by atoms with van der Waals surface area (Å²) in [6.07, 6.45) is 1.57. The number of carbonyl (C=O) groups is 2. The lowest BCUT2D eigenvalue weighted by molar-refractivity contribution is -0.384. The molecule has 0 saturated heterocycles. The molecule has 11 heteroatoms. The molecule has 160 valence electrons. The maximum absolute atomic E-state index is 12.2. The van der Waals surface area contributed by atoms with E-state index in [0.29, 0.717) is 11.4 Å². The molecule has 0 unspecified atom stereocenters. The monoisotopic (exact) mass is 426 g/mol. The Kier molecular flexibility index (Phi) is 6.15. The van der Waals surface area contributed by atoms with Crippen LogP contribution in [0.1, 0.15) is 16.1 Å². The van der Waals surface area contributed by atoms with Crippen LogP contribution in [-0.4, -0.2) is 40.1 Å². The van der Waals surface area contributed by atoms with Crippen LogP contribution in [-0.2, 0) is 9.53 Å². The van der Waals surface area contributed by atoms with E-state index in [1.165, 1.54) is 42.0 Å². The van der Waals surface area contributed by atoms with Crippen molar-refractivity contribution >= 4 is 23.3 Å². The topological polar surface area (TPSA) is 146 Å². The number of ether oxygens (including phenoxy) is 2. The fourth-order valence-corrected chi connectivity index (χ4v) is 2.82. The van der Waals surface area contributed by atoms with E-state index in [1.54, 1.807) is 25.3 Å². The number of carbonyl (C=O) groups excluding carboxylic acids is 2. The number of imidazole rings is 1. The maximum atomic E-state index is 12.2. The van der Waals surface area contributed by atoms with Crippen molar-refractivity contribution in [1.29, 1.82) is 0 Å². The first kappa shape index (κ1) is 21.3. The number of hydrogen-bond donors (Lipinski definition) is 2. The fourth-order valence-electron chi connectivity index (χ4n) is 2.82. The summed E-state index contributed by atoms with van der Waals surface area (Å²) in [5.41, 5.74) is 0.716. The van der Waals surface area contributed by atoms with Crippen LogP contribution in [0.5, 0.6) is 5.75 Å². The van der Waals surface area contributed by atoms with Gasteiger partial charge in [-0.1, -0.05) is 0 Å². The predicted octanol–water partition coefficient (Wildman–Crippen LogP) is 2.19. The van der Waals surface area contributed by atoms with Gasteiger partial charge in [-0.2, -0.15) is 0 Å². The first-order valence-corrected chi connectivity index (χ1v) is 8.97. The van der Waals surface area contributed by atoms with Crippen molar-refractivity contribution in [3.8, 4) is 11.4 Å². The smallest absolute Gasteiger partial charge is 0.338 e. The molecule has 31 heavy (non-hydrogen) atoms. The number of aromatic amines is 1. The number of benzene rings is 2. The second-order valence-corrected chi connectivity index (χ2v) is 6.38. The van der Waals surface area contributed by atoms with Crippen molar-refractivity contribution in [2.45, 2.75) is 6.92 Å². The minimum Gasteiger partial charge on any atom is -0.496 e. The minimum atomic E-state index is -0.760.